The Labute approximate surface area is 173 Å². The van der Waals surface area contributed by atoms with Crippen LogP contribution in [0.4, 0.5) is 8.78 Å². The van der Waals surface area contributed by atoms with Gasteiger partial charge in [0.15, 0.2) is 17.2 Å². The topological polar surface area (TPSA) is 90.3 Å². The average molecular weight is 432 g/mol. The molecule has 160 valence electrons. The molecule has 0 saturated carbocycles. The van der Waals surface area contributed by atoms with Crippen LogP contribution >= 0.6 is 12.4 Å². The van der Waals surface area contributed by atoms with Gasteiger partial charge in [-0.2, -0.15) is 8.78 Å². The molecule has 29 heavy (non-hydrogen) atoms. The zero-order valence-corrected chi connectivity index (χ0v) is 16.8. The minimum absolute atomic E-state index is 0. The predicted molar refractivity (Wildman–Crippen MR) is 104 cm³/mol. The van der Waals surface area contributed by atoms with Crippen molar-refractivity contribution in [2.75, 3.05) is 19.7 Å². The smallest absolute Gasteiger partial charge is 0.387 e. The molecule has 0 aliphatic carbocycles. The minimum atomic E-state index is -2.94. The fourth-order valence-corrected chi connectivity index (χ4v) is 3.03. The molecule has 0 radical (unpaired) electrons. The molecule has 1 amide bonds. The zero-order chi connectivity index (χ0) is 19.9. The number of nitrogens with zero attached hydrogens (tertiary/aromatic N) is 3. The summed E-state index contributed by atoms with van der Waals surface area (Å²) in [5.74, 6) is -0.200. The Bertz CT molecular complexity index is 800. The number of carbonyl (C=O) groups is 1. The van der Waals surface area contributed by atoms with Gasteiger partial charge in [-0.25, -0.2) is 4.68 Å². The summed E-state index contributed by atoms with van der Waals surface area (Å²) in [6.45, 7) is 1.13. The number of carbonyl (C=O) groups excluding carboxylic acids is 1. The van der Waals surface area contributed by atoms with E-state index in [-0.39, 0.29) is 48.1 Å². The third-order valence-electron chi connectivity index (χ3n) is 4.40. The summed E-state index contributed by atoms with van der Waals surface area (Å²) in [6, 6.07) is 4.79. The number of benzene rings is 1. The van der Waals surface area contributed by atoms with E-state index >= 15 is 0 Å². The molecule has 2 heterocycles. The average Bonchev–Trinajstić information content (AvgIpc) is 3.19. The van der Waals surface area contributed by atoms with E-state index in [1.807, 2.05) is 0 Å². The number of aromatic nitrogens is 3. The molecule has 1 aliphatic rings. The van der Waals surface area contributed by atoms with Crippen molar-refractivity contribution in [3.8, 4) is 11.5 Å². The highest BCUT2D eigenvalue weighted by atomic mass is 35.5. The van der Waals surface area contributed by atoms with Gasteiger partial charge in [-0.3, -0.25) is 4.79 Å². The van der Waals surface area contributed by atoms with Gasteiger partial charge in [-0.1, -0.05) is 11.3 Å². The second kappa shape index (κ2) is 10.9. The summed E-state index contributed by atoms with van der Waals surface area (Å²) in [5.41, 5.74) is 0.922. The van der Waals surface area contributed by atoms with Crippen molar-refractivity contribution in [2.24, 2.45) is 0 Å². The fraction of sp³-hybridized carbons (Fsp3) is 0.500. The molecule has 8 nitrogen and oxygen atoms in total. The van der Waals surface area contributed by atoms with Gasteiger partial charge in [0.1, 0.15) is 0 Å². The Morgan fingerprint density at radius 2 is 2.10 bits per heavy atom. The maximum atomic E-state index is 12.5. The van der Waals surface area contributed by atoms with Crippen LogP contribution in [0.25, 0.3) is 0 Å². The van der Waals surface area contributed by atoms with E-state index < -0.39 is 6.61 Å². The lowest BCUT2D eigenvalue weighted by atomic mass is 10.1. The normalized spacial score (nSPS) is 14.3. The summed E-state index contributed by atoms with van der Waals surface area (Å²) in [5, 5.41) is 14.0. The van der Waals surface area contributed by atoms with Crippen molar-refractivity contribution in [2.45, 2.75) is 39.0 Å². The van der Waals surface area contributed by atoms with Crippen LogP contribution in [0.1, 0.15) is 41.9 Å². The van der Waals surface area contributed by atoms with Crippen LogP contribution in [-0.2, 0) is 6.54 Å². The number of halogens is 3. The van der Waals surface area contributed by atoms with E-state index in [1.54, 1.807) is 29.9 Å². The Balaban J connectivity index is 0.00000300. The van der Waals surface area contributed by atoms with E-state index in [0.717, 1.165) is 25.9 Å². The largest absolute Gasteiger partial charge is 0.490 e. The Kier molecular flexibility index (Phi) is 8.59. The third-order valence-corrected chi connectivity index (χ3v) is 4.40. The molecule has 0 atom stereocenters. The standard InChI is InChI=1S/C18H23F2N5O3.ClH/c1-2-27-16-9-12(3-4-15(16)28-18(19)20)10-22-17(26)14-11-25(24-23-14)13-5-7-21-8-6-13;/h3-4,9,11,13,18,21H,2,5-8,10H2,1H3,(H,22,26);1H. The van der Waals surface area contributed by atoms with Crippen molar-refractivity contribution >= 4 is 18.3 Å². The number of piperidine rings is 1. The molecular weight excluding hydrogens is 408 g/mol. The van der Waals surface area contributed by atoms with Crippen LogP contribution in [0, 0.1) is 0 Å². The number of hydrogen-bond donors (Lipinski definition) is 2. The summed E-state index contributed by atoms with van der Waals surface area (Å²) >= 11 is 0. The van der Waals surface area contributed by atoms with E-state index in [1.165, 1.54) is 6.07 Å². The molecule has 2 N–H and O–H groups in total. The predicted octanol–water partition coefficient (Wildman–Crippen LogP) is 2.55. The second-order valence-electron chi connectivity index (χ2n) is 6.34. The third kappa shape index (κ3) is 6.26. The van der Waals surface area contributed by atoms with Crippen LogP contribution < -0.4 is 20.1 Å². The van der Waals surface area contributed by atoms with E-state index in [2.05, 4.69) is 25.7 Å². The zero-order valence-electron chi connectivity index (χ0n) is 15.9. The van der Waals surface area contributed by atoms with Crippen molar-refractivity contribution in [3.63, 3.8) is 0 Å². The van der Waals surface area contributed by atoms with Crippen molar-refractivity contribution in [1.82, 2.24) is 25.6 Å². The Hall–Kier alpha value is -2.46. The van der Waals surface area contributed by atoms with Gasteiger partial charge in [-0.15, -0.1) is 17.5 Å². The Morgan fingerprint density at radius 3 is 2.79 bits per heavy atom. The number of ether oxygens (including phenoxy) is 2. The second-order valence-corrected chi connectivity index (χ2v) is 6.34. The fourth-order valence-electron chi connectivity index (χ4n) is 3.03. The number of rotatable bonds is 8. The quantitative estimate of drug-likeness (QED) is 0.667. The monoisotopic (exact) mass is 431 g/mol. The molecule has 0 bridgehead atoms. The molecule has 1 fully saturated rings. The lowest BCUT2D eigenvalue weighted by Gasteiger charge is -2.22. The number of hydrogen-bond acceptors (Lipinski definition) is 6. The number of alkyl halides is 2. The highest BCUT2D eigenvalue weighted by Gasteiger charge is 2.19. The first-order valence-electron chi connectivity index (χ1n) is 9.18. The van der Waals surface area contributed by atoms with Gasteiger partial charge in [0.2, 0.25) is 0 Å². The van der Waals surface area contributed by atoms with Crippen molar-refractivity contribution in [3.05, 3.63) is 35.7 Å². The SMILES string of the molecule is CCOc1cc(CNC(=O)c2cn(C3CCNCC3)nn2)ccc1OC(F)F.Cl. The number of nitrogens with one attached hydrogen (secondary N) is 2. The van der Waals surface area contributed by atoms with Crippen molar-refractivity contribution < 1.29 is 23.0 Å². The van der Waals surface area contributed by atoms with Gasteiger partial charge in [0, 0.05) is 6.54 Å². The maximum Gasteiger partial charge on any atom is 0.387 e. The van der Waals surface area contributed by atoms with E-state index in [9.17, 15) is 13.6 Å². The van der Waals surface area contributed by atoms with Crippen LogP contribution in [0.15, 0.2) is 24.4 Å². The van der Waals surface area contributed by atoms with Gasteiger partial charge in [0.25, 0.3) is 5.91 Å². The first-order chi connectivity index (χ1) is 13.6. The van der Waals surface area contributed by atoms with Crippen molar-refractivity contribution in [1.29, 1.82) is 0 Å². The van der Waals surface area contributed by atoms with E-state index in [0.29, 0.717) is 12.2 Å². The van der Waals surface area contributed by atoms with Gasteiger partial charge in [-0.05, 0) is 50.6 Å². The molecule has 1 aromatic carbocycles. The maximum absolute atomic E-state index is 12.5. The van der Waals surface area contributed by atoms with Crippen LogP contribution in [-0.4, -0.2) is 47.2 Å². The summed E-state index contributed by atoms with van der Waals surface area (Å²) in [7, 11) is 0. The highest BCUT2D eigenvalue weighted by Crippen LogP contribution is 2.29. The van der Waals surface area contributed by atoms with Gasteiger partial charge < -0.3 is 20.1 Å². The first-order valence-corrected chi connectivity index (χ1v) is 9.18. The molecule has 3 rings (SSSR count). The van der Waals surface area contributed by atoms with Crippen LogP contribution in [0.2, 0.25) is 0 Å². The molecule has 1 aliphatic heterocycles. The highest BCUT2D eigenvalue weighted by molar-refractivity contribution is 5.91. The molecule has 1 saturated heterocycles. The molecule has 2 aromatic rings. The lowest BCUT2D eigenvalue weighted by molar-refractivity contribution is -0.0514. The summed E-state index contributed by atoms with van der Waals surface area (Å²) in [4.78, 5) is 12.3. The van der Waals surface area contributed by atoms with Gasteiger partial charge >= 0.3 is 6.61 Å². The van der Waals surface area contributed by atoms with Gasteiger partial charge in [0.05, 0.1) is 18.8 Å². The molecule has 0 spiro atoms. The minimum Gasteiger partial charge on any atom is -0.490 e. The molecule has 0 unspecified atom stereocenters. The summed E-state index contributed by atoms with van der Waals surface area (Å²) < 4.78 is 36.4. The molecular formula is C18H24ClF2N5O3. The summed E-state index contributed by atoms with van der Waals surface area (Å²) in [6.07, 6.45) is 3.53. The molecule has 11 heteroatoms. The van der Waals surface area contributed by atoms with E-state index in [4.69, 9.17) is 4.74 Å². The molecule has 1 aromatic heterocycles. The lowest BCUT2D eigenvalue weighted by Crippen LogP contribution is -2.29. The first kappa shape index (κ1) is 22.8. The Morgan fingerprint density at radius 1 is 1.34 bits per heavy atom. The number of amides is 1. The van der Waals surface area contributed by atoms with Crippen LogP contribution in [0.5, 0.6) is 11.5 Å². The van der Waals surface area contributed by atoms with Crippen LogP contribution in [0.3, 0.4) is 0 Å².